The summed E-state index contributed by atoms with van der Waals surface area (Å²) in [6, 6.07) is 6.70. The largest absolute Gasteiger partial charge is 0.482 e. The highest BCUT2D eigenvalue weighted by Crippen LogP contribution is 2.28. The van der Waals surface area contributed by atoms with Crippen LogP contribution >= 0.6 is 38.9 Å². The van der Waals surface area contributed by atoms with E-state index < -0.39 is 11.9 Å². The number of hydrogen-bond donors (Lipinski definition) is 1. The van der Waals surface area contributed by atoms with E-state index >= 15 is 0 Å². The van der Waals surface area contributed by atoms with Gasteiger partial charge in [0, 0.05) is 4.47 Å². The van der Waals surface area contributed by atoms with Gasteiger partial charge in [-0.2, -0.15) is 0 Å². The summed E-state index contributed by atoms with van der Waals surface area (Å²) in [5.41, 5.74) is 0.326. The Bertz CT molecular complexity index is 719. The van der Waals surface area contributed by atoms with Gasteiger partial charge in [-0.1, -0.05) is 27.5 Å². The molecule has 0 saturated heterocycles. The highest BCUT2D eigenvalue weighted by atomic mass is 79.9. The number of amides is 1. The summed E-state index contributed by atoms with van der Waals surface area (Å²) in [4.78, 5) is 23.7. The first-order valence-corrected chi connectivity index (χ1v) is 8.68. The fraction of sp³-hybridized carbons (Fsp3) is 0.200. The first-order valence-electron chi connectivity index (χ1n) is 6.63. The Morgan fingerprint density at radius 3 is 2.83 bits per heavy atom. The molecule has 0 aliphatic heterocycles. The number of rotatable bonds is 6. The lowest BCUT2D eigenvalue weighted by Gasteiger charge is -2.09. The van der Waals surface area contributed by atoms with Crippen LogP contribution in [-0.2, 0) is 9.53 Å². The normalized spacial score (nSPS) is 10.2. The number of nitrogens with one attached hydrogen (secondary N) is 1. The van der Waals surface area contributed by atoms with Gasteiger partial charge in [0.2, 0.25) is 0 Å². The second-order valence-electron chi connectivity index (χ2n) is 4.30. The average molecular weight is 419 g/mol. The molecule has 0 radical (unpaired) electrons. The molecule has 1 aromatic carbocycles. The van der Waals surface area contributed by atoms with Crippen molar-refractivity contribution in [2.75, 3.05) is 18.5 Å². The molecule has 1 amide bonds. The minimum Gasteiger partial charge on any atom is -0.482 e. The molecule has 0 spiro atoms. The predicted molar refractivity (Wildman–Crippen MR) is 93.6 cm³/mol. The molecule has 1 heterocycles. The van der Waals surface area contributed by atoms with Crippen molar-refractivity contribution in [2.45, 2.75) is 6.92 Å². The Labute approximate surface area is 150 Å². The third kappa shape index (κ3) is 4.95. The van der Waals surface area contributed by atoms with E-state index in [2.05, 4.69) is 21.2 Å². The number of ether oxygens (including phenoxy) is 2. The fourth-order valence-corrected chi connectivity index (χ4v) is 3.19. The third-order valence-corrected chi connectivity index (χ3v) is 4.28. The fourth-order valence-electron chi connectivity index (χ4n) is 1.67. The maximum atomic E-state index is 12.0. The van der Waals surface area contributed by atoms with Gasteiger partial charge in [0.25, 0.3) is 5.91 Å². The van der Waals surface area contributed by atoms with E-state index in [1.807, 2.05) is 0 Å². The second-order valence-corrected chi connectivity index (χ2v) is 6.53. The van der Waals surface area contributed by atoms with Gasteiger partial charge in [-0.05, 0) is 36.6 Å². The molecule has 0 saturated carbocycles. The number of halogens is 2. The quantitative estimate of drug-likeness (QED) is 0.708. The Balaban J connectivity index is 1.95. The Hall–Kier alpha value is -1.57. The van der Waals surface area contributed by atoms with Crippen LogP contribution in [0.1, 0.15) is 17.3 Å². The van der Waals surface area contributed by atoms with E-state index in [4.69, 9.17) is 21.1 Å². The summed E-state index contributed by atoms with van der Waals surface area (Å²) < 4.78 is 11.1. The molecule has 5 nitrogen and oxygen atoms in total. The maximum absolute atomic E-state index is 12.0. The number of hydrogen-bond acceptors (Lipinski definition) is 5. The van der Waals surface area contributed by atoms with Crippen LogP contribution in [0.5, 0.6) is 5.75 Å². The summed E-state index contributed by atoms with van der Waals surface area (Å²) in [7, 11) is 0. The van der Waals surface area contributed by atoms with Crippen LogP contribution in [-0.4, -0.2) is 25.1 Å². The van der Waals surface area contributed by atoms with Crippen LogP contribution in [0.25, 0.3) is 0 Å². The van der Waals surface area contributed by atoms with Crippen LogP contribution in [0.15, 0.2) is 34.1 Å². The highest BCUT2D eigenvalue weighted by molar-refractivity contribution is 9.10. The third-order valence-electron chi connectivity index (χ3n) is 2.67. The molecule has 23 heavy (non-hydrogen) atoms. The van der Waals surface area contributed by atoms with E-state index in [1.54, 1.807) is 36.6 Å². The summed E-state index contributed by atoms with van der Waals surface area (Å²) in [6.07, 6.45) is 0. The van der Waals surface area contributed by atoms with Gasteiger partial charge >= 0.3 is 5.97 Å². The van der Waals surface area contributed by atoms with Gasteiger partial charge < -0.3 is 14.8 Å². The van der Waals surface area contributed by atoms with Crippen molar-refractivity contribution >= 4 is 55.7 Å². The molecule has 1 aromatic heterocycles. The maximum Gasteiger partial charge on any atom is 0.341 e. The van der Waals surface area contributed by atoms with E-state index in [1.165, 1.54) is 11.3 Å². The zero-order chi connectivity index (χ0) is 16.8. The molecular weight excluding hydrogens is 406 g/mol. The first-order chi connectivity index (χ1) is 11.0. The molecule has 0 aliphatic carbocycles. The Kier molecular flexibility index (Phi) is 6.44. The lowest BCUT2D eigenvalue weighted by Crippen LogP contribution is -2.21. The van der Waals surface area contributed by atoms with E-state index in [0.717, 1.165) is 4.47 Å². The van der Waals surface area contributed by atoms with Crippen molar-refractivity contribution in [3.05, 3.63) is 44.7 Å². The number of benzene rings is 1. The van der Waals surface area contributed by atoms with Crippen molar-refractivity contribution < 1.29 is 19.1 Å². The Morgan fingerprint density at radius 2 is 2.13 bits per heavy atom. The van der Waals surface area contributed by atoms with Crippen LogP contribution < -0.4 is 10.1 Å². The van der Waals surface area contributed by atoms with Crippen LogP contribution in [0.3, 0.4) is 0 Å². The summed E-state index contributed by atoms with van der Waals surface area (Å²) in [6.45, 7) is 1.77. The lowest BCUT2D eigenvalue weighted by molar-refractivity contribution is -0.118. The number of anilines is 1. The monoisotopic (exact) mass is 417 g/mol. The number of carbonyl (C=O) groups excluding carboxylic acids is 2. The van der Waals surface area contributed by atoms with Crippen LogP contribution in [0.2, 0.25) is 5.02 Å². The minimum atomic E-state index is -0.471. The smallest absolute Gasteiger partial charge is 0.341 e. The van der Waals surface area contributed by atoms with Gasteiger partial charge in [0.05, 0.1) is 17.2 Å². The summed E-state index contributed by atoms with van der Waals surface area (Å²) in [5, 5.41) is 5.16. The molecule has 2 rings (SSSR count). The predicted octanol–water partition coefficient (Wildman–Crippen LogP) is 4.36. The van der Waals surface area contributed by atoms with Crippen molar-refractivity contribution in [3.8, 4) is 5.75 Å². The van der Waals surface area contributed by atoms with Crippen LogP contribution in [0.4, 0.5) is 5.00 Å². The van der Waals surface area contributed by atoms with Crippen molar-refractivity contribution in [1.82, 2.24) is 0 Å². The molecule has 0 atom stereocenters. The number of thiophene rings is 1. The van der Waals surface area contributed by atoms with Crippen molar-refractivity contribution in [3.63, 3.8) is 0 Å². The molecule has 2 aromatic rings. The molecule has 0 aliphatic rings. The zero-order valence-corrected chi connectivity index (χ0v) is 15.3. The first kappa shape index (κ1) is 17.8. The summed E-state index contributed by atoms with van der Waals surface area (Å²) in [5.74, 6) is -0.459. The van der Waals surface area contributed by atoms with Crippen molar-refractivity contribution in [1.29, 1.82) is 0 Å². The molecule has 0 unspecified atom stereocenters. The van der Waals surface area contributed by atoms with Crippen molar-refractivity contribution in [2.24, 2.45) is 0 Å². The van der Waals surface area contributed by atoms with Gasteiger partial charge in [-0.25, -0.2) is 4.79 Å². The standard InChI is InChI=1S/C15H13BrClNO4S/c1-2-21-15(20)10-5-6-23-14(10)18-13(19)8-22-12-4-3-9(16)7-11(12)17/h3-7H,2,8H2,1H3,(H,18,19). The van der Waals surface area contributed by atoms with E-state index in [9.17, 15) is 9.59 Å². The highest BCUT2D eigenvalue weighted by Gasteiger charge is 2.16. The minimum absolute atomic E-state index is 0.221. The van der Waals surface area contributed by atoms with E-state index in [0.29, 0.717) is 21.3 Å². The van der Waals surface area contributed by atoms with E-state index in [-0.39, 0.29) is 13.2 Å². The molecule has 1 N–H and O–H groups in total. The van der Waals surface area contributed by atoms with Gasteiger partial charge in [-0.15, -0.1) is 11.3 Å². The summed E-state index contributed by atoms with van der Waals surface area (Å²) >= 11 is 10.5. The molecule has 122 valence electrons. The number of esters is 1. The van der Waals surface area contributed by atoms with Gasteiger partial charge in [0.15, 0.2) is 6.61 Å². The second kappa shape index (κ2) is 8.33. The lowest BCUT2D eigenvalue weighted by atomic mass is 10.3. The van der Waals surface area contributed by atoms with Gasteiger partial charge in [-0.3, -0.25) is 4.79 Å². The van der Waals surface area contributed by atoms with Gasteiger partial charge in [0.1, 0.15) is 10.8 Å². The average Bonchev–Trinajstić information content (AvgIpc) is 2.94. The van der Waals surface area contributed by atoms with Crippen LogP contribution in [0, 0.1) is 0 Å². The molecular formula is C15H13BrClNO4S. The molecule has 0 bridgehead atoms. The zero-order valence-electron chi connectivity index (χ0n) is 12.1. The molecule has 0 fully saturated rings. The Morgan fingerprint density at radius 1 is 1.35 bits per heavy atom. The number of carbonyl (C=O) groups is 2. The SMILES string of the molecule is CCOC(=O)c1ccsc1NC(=O)COc1ccc(Br)cc1Cl. The topological polar surface area (TPSA) is 64.6 Å². The molecule has 8 heteroatoms.